The first kappa shape index (κ1) is 16.4. The molecule has 8 heteroatoms. The lowest BCUT2D eigenvalue weighted by Crippen LogP contribution is -2.46. The van der Waals surface area contributed by atoms with Gasteiger partial charge < -0.3 is 20.1 Å². The fourth-order valence-electron chi connectivity index (χ4n) is 2.17. The van der Waals surface area contributed by atoms with E-state index in [9.17, 15) is 18.0 Å². The van der Waals surface area contributed by atoms with Crippen molar-refractivity contribution < 1.29 is 27.4 Å². The van der Waals surface area contributed by atoms with Crippen molar-refractivity contribution in [1.29, 1.82) is 0 Å². The van der Waals surface area contributed by atoms with Crippen LogP contribution in [0.15, 0.2) is 18.2 Å². The van der Waals surface area contributed by atoms with E-state index in [1.54, 1.807) is 4.90 Å². The number of amides is 1. The van der Waals surface area contributed by atoms with Gasteiger partial charge in [0.2, 0.25) is 0 Å². The van der Waals surface area contributed by atoms with Gasteiger partial charge in [-0.25, -0.2) is 0 Å². The Hall–Kier alpha value is -1.96. The van der Waals surface area contributed by atoms with Gasteiger partial charge in [0.25, 0.3) is 5.91 Å². The molecule has 1 aromatic carbocycles. The van der Waals surface area contributed by atoms with Crippen molar-refractivity contribution in [3.63, 3.8) is 0 Å². The molecule has 2 N–H and O–H groups in total. The Morgan fingerprint density at radius 2 is 2.23 bits per heavy atom. The van der Waals surface area contributed by atoms with E-state index in [0.717, 1.165) is 18.2 Å². The third kappa shape index (κ3) is 4.03. The summed E-state index contributed by atoms with van der Waals surface area (Å²) in [6.45, 7) is 3.01. The van der Waals surface area contributed by atoms with Crippen molar-refractivity contribution in [2.24, 2.45) is 0 Å². The predicted molar refractivity (Wildman–Crippen MR) is 73.3 cm³/mol. The van der Waals surface area contributed by atoms with Crippen LogP contribution in [0.3, 0.4) is 0 Å². The van der Waals surface area contributed by atoms with E-state index in [1.807, 2.05) is 6.92 Å². The number of benzene rings is 1. The number of rotatable bonds is 3. The fraction of sp³-hybridized carbons (Fsp3) is 0.500. The van der Waals surface area contributed by atoms with Crippen LogP contribution < -0.4 is 10.5 Å². The Labute approximate surface area is 125 Å². The van der Waals surface area contributed by atoms with Gasteiger partial charge in [-0.2, -0.15) is 13.2 Å². The number of hydrogen-bond acceptors (Lipinski definition) is 4. The van der Waals surface area contributed by atoms with Gasteiger partial charge >= 0.3 is 6.18 Å². The average molecular weight is 318 g/mol. The first-order valence-corrected chi connectivity index (χ1v) is 6.76. The van der Waals surface area contributed by atoms with E-state index in [0.29, 0.717) is 19.7 Å². The van der Waals surface area contributed by atoms with Gasteiger partial charge in [0.15, 0.2) is 6.61 Å². The van der Waals surface area contributed by atoms with Crippen LogP contribution in [0.5, 0.6) is 5.75 Å². The molecule has 1 aliphatic rings. The summed E-state index contributed by atoms with van der Waals surface area (Å²) in [5.74, 6) is -0.117. The molecule has 0 saturated carbocycles. The number of nitrogens with zero attached hydrogens (tertiary/aromatic N) is 1. The third-order valence-corrected chi connectivity index (χ3v) is 3.28. The molecular weight excluding hydrogens is 301 g/mol. The maximum Gasteiger partial charge on any atom is 0.418 e. The van der Waals surface area contributed by atoms with Gasteiger partial charge in [-0.15, -0.1) is 0 Å². The highest BCUT2D eigenvalue weighted by atomic mass is 19.4. The fourth-order valence-corrected chi connectivity index (χ4v) is 2.17. The van der Waals surface area contributed by atoms with E-state index in [-0.39, 0.29) is 24.4 Å². The van der Waals surface area contributed by atoms with Gasteiger partial charge in [-0.05, 0) is 19.1 Å². The minimum absolute atomic E-state index is 0.0422. The van der Waals surface area contributed by atoms with Gasteiger partial charge in [-0.1, -0.05) is 0 Å². The Kier molecular flexibility index (Phi) is 4.80. The van der Waals surface area contributed by atoms with Gasteiger partial charge in [0, 0.05) is 24.8 Å². The quantitative estimate of drug-likeness (QED) is 0.865. The number of halogens is 3. The minimum Gasteiger partial charge on any atom is -0.484 e. The summed E-state index contributed by atoms with van der Waals surface area (Å²) in [5, 5.41) is 0. The van der Waals surface area contributed by atoms with Crippen LogP contribution in [-0.4, -0.2) is 43.2 Å². The van der Waals surface area contributed by atoms with Crippen molar-refractivity contribution in [2.45, 2.75) is 19.2 Å². The van der Waals surface area contributed by atoms with Gasteiger partial charge in [-0.3, -0.25) is 4.79 Å². The zero-order valence-electron chi connectivity index (χ0n) is 12.0. The summed E-state index contributed by atoms with van der Waals surface area (Å²) in [7, 11) is 0. The van der Waals surface area contributed by atoms with Crippen LogP contribution in [0.4, 0.5) is 18.9 Å². The first-order chi connectivity index (χ1) is 10.3. The largest absolute Gasteiger partial charge is 0.484 e. The number of carbonyl (C=O) groups is 1. The van der Waals surface area contributed by atoms with Gasteiger partial charge in [0.05, 0.1) is 18.3 Å². The first-order valence-electron chi connectivity index (χ1n) is 6.76. The summed E-state index contributed by atoms with van der Waals surface area (Å²) < 4.78 is 48.3. The smallest absolute Gasteiger partial charge is 0.418 e. The SMILES string of the molecule is CC1CN(C(=O)COc2ccc(C(F)(F)F)c(N)c2)CCO1. The minimum atomic E-state index is -4.51. The lowest BCUT2D eigenvalue weighted by Gasteiger charge is -2.31. The van der Waals surface area contributed by atoms with Crippen LogP contribution >= 0.6 is 0 Å². The van der Waals surface area contributed by atoms with Crippen LogP contribution in [0.25, 0.3) is 0 Å². The topological polar surface area (TPSA) is 64.8 Å². The van der Waals surface area contributed by atoms with E-state index in [4.69, 9.17) is 15.2 Å². The summed E-state index contributed by atoms with van der Waals surface area (Å²) in [5.41, 5.74) is 4.01. The average Bonchev–Trinajstić information content (AvgIpc) is 2.43. The Bertz CT molecular complexity index is 549. The molecule has 0 radical (unpaired) electrons. The molecule has 2 rings (SSSR count). The normalized spacial score (nSPS) is 19.1. The van der Waals surface area contributed by atoms with E-state index in [1.165, 1.54) is 0 Å². The van der Waals surface area contributed by atoms with Crippen LogP contribution in [0.2, 0.25) is 0 Å². The second kappa shape index (κ2) is 6.43. The summed E-state index contributed by atoms with van der Waals surface area (Å²) in [4.78, 5) is 13.6. The van der Waals surface area contributed by atoms with E-state index < -0.39 is 17.4 Å². The molecule has 1 fully saturated rings. The Morgan fingerprint density at radius 1 is 1.50 bits per heavy atom. The summed E-state index contributed by atoms with van der Waals surface area (Å²) in [6.07, 6.45) is -4.55. The van der Waals surface area contributed by atoms with E-state index in [2.05, 4.69) is 0 Å². The molecule has 0 aliphatic carbocycles. The number of nitrogens with two attached hydrogens (primary N) is 1. The molecule has 0 spiro atoms. The molecule has 22 heavy (non-hydrogen) atoms. The maximum absolute atomic E-state index is 12.6. The molecule has 5 nitrogen and oxygen atoms in total. The highest BCUT2D eigenvalue weighted by Crippen LogP contribution is 2.35. The number of anilines is 1. The second-order valence-electron chi connectivity index (χ2n) is 5.06. The summed E-state index contributed by atoms with van der Waals surface area (Å²) >= 11 is 0. The summed E-state index contributed by atoms with van der Waals surface area (Å²) in [6, 6.07) is 3.05. The van der Waals surface area contributed by atoms with Gasteiger partial charge in [0.1, 0.15) is 5.75 Å². The molecule has 1 heterocycles. The predicted octanol–water partition coefficient (Wildman–Crippen LogP) is 1.91. The Morgan fingerprint density at radius 3 is 2.82 bits per heavy atom. The third-order valence-electron chi connectivity index (χ3n) is 3.28. The lowest BCUT2D eigenvalue weighted by atomic mass is 10.1. The number of morpholine rings is 1. The Balaban J connectivity index is 1.94. The molecule has 1 saturated heterocycles. The van der Waals surface area contributed by atoms with E-state index >= 15 is 0 Å². The maximum atomic E-state index is 12.6. The standard InChI is InChI=1S/C14H17F3N2O3/c1-9-7-19(4-5-21-9)13(20)8-22-10-2-3-11(12(18)6-10)14(15,16)17/h2-3,6,9H,4-5,7-8,18H2,1H3. The van der Waals surface area contributed by atoms with Crippen LogP contribution in [0.1, 0.15) is 12.5 Å². The molecule has 1 unspecified atom stereocenters. The molecule has 0 bridgehead atoms. The zero-order valence-corrected chi connectivity index (χ0v) is 12.0. The molecule has 1 aliphatic heterocycles. The molecule has 1 aromatic rings. The second-order valence-corrected chi connectivity index (χ2v) is 5.06. The highest BCUT2D eigenvalue weighted by molar-refractivity contribution is 5.78. The van der Waals surface area contributed by atoms with Crippen molar-refractivity contribution in [1.82, 2.24) is 4.90 Å². The van der Waals surface area contributed by atoms with Crippen molar-refractivity contribution >= 4 is 11.6 Å². The van der Waals surface area contributed by atoms with Crippen molar-refractivity contribution in [3.05, 3.63) is 23.8 Å². The number of carbonyl (C=O) groups excluding carboxylic acids is 1. The number of nitrogen functional groups attached to an aromatic ring is 1. The van der Waals surface area contributed by atoms with Crippen LogP contribution in [0, 0.1) is 0 Å². The molecule has 122 valence electrons. The molecular formula is C14H17F3N2O3. The van der Waals surface area contributed by atoms with Crippen molar-refractivity contribution in [3.8, 4) is 5.75 Å². The monoisotopic (exact) mass is 318 g/mol. The number of hydrogen-bond donors (Lipinski definition) is 1. The number of ether oxygens (including phenoxy) is 2. The molecule has 1 amide bonds. The van der Waals surface area contributed by atoms with Crippen LogP contribution in [-0.2, 0) is 15.7 Å². The number of alkyl halides is 3. The molecule has 1 atom stereocenters. The lowest BCUT2D eigenvalue weighted by molar-refractivity contribution is -0.140. The van der Waals surface area contributed by atoms with Crippen molar-refractivity contribution in [2.75, 3.05) is 32.0 Å². The molecule has 0 aromatic heterocycles. The zero-order chi connectivity index (χ0) is 16.3. The highest BCUT2D eigenvalue weighted by Gasteiger charge is 2.33.